The Hall–Kier alpha value is -0.570. The van der Waals surface area contributed by atoms with Crippen LogP contribution in [0.15, 0.2) is 0 Å². The number of rotatable bonds is 5. The topological polar surface area (TPSA) is 298 Å². The zero-order valence-corrected chi connectivity index (χ0v) is 11.7. The number of aliphatic carboxylic acids is 3. The molecule has 0 heterocycles. The molecule has 12 nitrogen and oxygen atoms in total. The van der Waals surface area contributed by atoms with Crippen molar-refractivity contribution in [2.24, 2.45) is 0 Å². The third-order valence-corrected chi connectivity index (χ3v) is 1.25. The molecule has 114 valence electrons. The Bertz CT molecular complexity index is 237. The van der Waals surface area contributed by atoms with Gasteiger partial charge in [-0.2, -0.15) is 0 Å². The molecule has 0 aliphatic carbocycles. The van der Waals surface area contributed by atoms with Crippen molar-refractivity contribution in [1.82, 2.24) is 0 Å². The number of hydrogen-bond acceptors (Lipinski definition) is 7. The molecule has 0 atom stereocenters. The average molecular weight is 319 g/mol. The van der Waals surface area contributed by atoms with Crippen LogP contribution in [0, 0.1) is 0 Å². The molecule has 0 saturated heterocycles. The Labute approximate surface area is 136 Å². The summed E-state index contributed by atoms with van der Waals surface area (Å²) >= 11 is 0. The smallest absolute Gasteiger partial charge is 0.550 e. The maximum absolute atomic E-state index is 10.1. The van der Waals surface area contributed by atoms with E-state index >= 15 is 0 Å². The number of aliphatic hydroxyl groups is 1. The van der Waals surface area contributed by atoms with Gasteiger partial charge in [-0.15, -0.1) is 0 Å². The minimum atomic E-state index is -2.97. The first-order chi connectivity index (χ1) is 5.78. The van der Waals surface area contributed by atoms with Gasteiger partial charge < -0.3 is 62.2 Å². The second-order valence-electron chi connectivity index (χ2n) is 2.42. The second kappa shape index (κ2) is 17.4. The van der Waals surface area contributed by atoms with E-state index in [9.17, 15) is 29.7 Å². The predicted molar refractivity (Wildman–Crippen MR) is 53.0 cm³/mol. The third-order valence-electron chi connectivity index (χ3n) is 1.25. The standard InChI is InChI=1S/C6H8O7.Ca.5H2O/c7-3(8)1-6(13,5(11)12)2-4(9)10;;;;;;/h13H,1-2H2,(H,7,8)(H,9,10)(H,11,12);;5*1H2/q;+2;;;;;/p-3. The summed E-state index contributed by atoms with van der Waals surface area (Å²) in [6, 6.07) is 0. The monoisotopic (exact) mass is 319 g/mol. The zero-order chi connectivity index (χ0) is 10.6. The van der Waals surface area contributed by atoms with Crippen molar-refractivity contribution in [2.45, 2.75) is 18.4 Å². The van der Waals surface area contributed by atoms with E-state index in [1.165, 1.54) is 0 Å². The van der Waals surface area contributed by atoms with Crippen molar-refractivity contribution < 1.29 is 62.2 Å². The Kier molecular flexibility index (Phi) is 39.3. The molecule has 11 N–H and O–H groups in total. The van der Waals surface area contributed by atoms with Crippen LogP contribution in [0.5, 0.6) is 0 Å². The molecule has 0 saturated carbocycles. The SMILES string of the molecule is O.O.O.O.O.O=C([O-])CC(O)(CC(=O)[O-])C(=O)[O-].[Ca+2]. The molecule has 0 radical (unpaired) electrons. The predicted octanol–water partition coefficient (Wildman–Crippen LogP) is -9.76. The van der Waals surface area contributed by atoms with Crippen LogP contribution < -0.4 is 15.3 Å². The Morgan fingerprint density at radius 3 is 1.11 bits per heavy atom. The summed E-state index contributed by atoms with van der Waals surface area (Å²) < 4.78 is 0. The molecule has 0 aliphatic heterocycles. The zero-order valence-electron chi connectivity index (χ0n) is 9.52. The van der Waals surface area contributed by atoms with Gasteiger partial charge in [-0.1, -0.05) is 0 Å². The number of hydrogen-bond donors (Lipinski definition) is 1. The van der Waals surface area contributed by atoms with Crippen LogP contribution in [-0.4, -0.2) is 93.7 Å². The first-order valence-corrected chi connectivity index (χ1v) is 3.11. The number of carbonyl (C=O) groups excluding carboxylic acids is 3. The van der Waals surface area contributed by atoms with Crippen molar-refractivity contribution in [3.05, 3.63) is 0 Å². The summed E-state index contributed by atoms with van der Waals surface area (Å²) in [7, 11) is 0. The minimum absolute atomic E-state index is 0. The van der Waals surface area contributed by atoms with Gasteiger partial charge in [0.1, 0.15) is 5.60 Å². The summed E-state index contributed by atoms with van der Waals surface area (Å²) in [6.45, 7) is 0. The van der Waals surface area contributed by atoms with E-state index < -0.39 is 36.4 Å². The van der Waals surface area contributed by atoms with Gasteiger partial charge in [0.05, 0.1) is 5.97 Å². The van der Waals surface area contributed by atoms with Gasteiger partial charge in [-0.05, 0) is 0 Å². The Balaban J connectivity index is -0.0000000480. The van der Waals surface area contributed by atoms with Crippen LogP contribution >= 0.6 is 0 Å². The molecule has 0 amide bonds. The van der Waals surface area contributed by atoms with Crippen LogP contribution in [0.25, 0.3) is 0 Å². The van der Waals surface area contributed by atoms with Gasteiger partial charge in [-0.25, -0.2) is 0 Å². The van der Waals surface area contributed by atoms with Crippen LogP contribution in [0.3, 0.4) is 0 Å². The molecule has 0 rings (SSSR count). The van der Waals surface area contributed by atoms with Crippen molar-refractivity contribution in [2.75, 3.05) is 0 Å². The largest absolute Gasteiger partial charge is 2.00 e. The van der Waals surface area contributed by atoms with Crippen molar-refractivity contribution in [3.8, 4) is 0 Å². The molecule has 0 aromatic rings. The normalized spacial score (nSPS) is 7.42. The van der Waals surface area contributed by atoms with Gasteiger partial charge in [-0.3, -0.25) is 0 Å². The van der Waals surface area contributed by atoms with E-state index in [1.54, 1.807) is 0 Å². The number of carboxylic acids is 3. The summed E-state index contributed by atoms with van der Waals surface area (Å²) in [4.78, 5) is 30.0. The quantitative estimate of drug-likeness (QED) is 0.476. The Morgan fingerprint density at radius 1 is 0.789 bits per heavy atom. The van der Waals surface area contributed by atoms with Crippen LogP contribution in [0.2, 0.25) is 0 Å². The second-order valence-corrected chi connectivity index (χ2v) is 2.42. The molecule has 0 aliphatic rings. The molecule has 0 bridgehead atoms. The van der Waals surface area contributed by atoms with Gasteiger partial charge in [0, 0.05) is 24.8 Å². The molecular formula is C6H15CaO12-. The molecule has 0 aromatic heterocycles. The molecule has 0 aromatic carbocycles. The van der Waals surface area contributed by atoms with E-state index in [-0.39, 0.29) is 65.1 Å². The maximum atomic E-state index is 10.1. The van der Waals surface area contributed by atoms with Crippen LogP contribution in [0.1, 0.15) is 12.8 Å². The van der Waals surface area contributed by atoms with Gasteiger partial charge in [0.15, 0.2) is 0 Å². The first kappa shape index (κ1) is 42.9. The molecule has 0 unspecified atom stereocenters. The third kappa shape index (κ3) is 17.4. The summed E-state index contributed by atoms with van der Waals surface area (Å²) in [5.74, 6) is -5.98. The van der Waals surface area contributed by atoms with E-state index in [4.69, 9.17) is 5.11 Å². The van der Waals surface area contributed by atoms with Crippen LogP contribution in [-0.2, 0) is 14.4 Å². The van der Waals surface area contributed by atoms with Crippen molar-refractivity contribution >= 4 is 55.6 Å². The van der Waals surface area contributed by atoms with Crippen molar-refractivity contribution in [1.29, 1.82) is 0 Å². The summed E-state index contributed by atoms with van der Waals surface area (Å²) in [5.41, 5.74) is -2.97. The summed E-state index contributed by atoms with van der Waals surface area (Å²) in [6.07, 6.45) is -2.72. The molecule has 0 fully saturated rings. The molecule has 19 heavy (non-hydrogen) atoms. The summed E-state index contributed by atoms with van der Waals surface area (Å²) in [5, 5.41) is 38.9. The van der Waals surface area contributed by atoms with E-state index in [0.29, 0.717) is 0 Å². The van der Waals surface area contributed by atoms with Gasteiger partial charge in [0.25, 0.3) is 0 Å². The fraction of sp³-hybridized carbons (Fsp3) is 0.500. The first-order valence-electron chi connectivity index (χ1n) is 3.11. The minimum Gasteiger partial charge on any atom is -0.550 e. The maximum Gasteiger partial charge on any atom is 2.00 e. The molecule has 0 spiro atoms. The molecule has 13 heteroatoms. The number of carbonyl (C=O) groups is 3. The fourth-order valence-electron chi connectivity index (χ4n) is 0.684. The van der Waals surface area contributed by atoms with Crippen molar-refractivity contribution in [3.63, 3.8) is 0 Å². The van der Waals surface area contributed by atoms with Crippen LogP contribution in [0.4, 0.5) is 0 Å². The van der Waals surface area contributed by atoms with E-state index in [0.717, 1.165) is 0 Å². The number of carboxylic acid groups (broad SMARTS) is 3. The van der Waals surface area contributed by atoms with E-state index in [1.807, 2.05) is 0 Å². The Morgan fingerprint density at radius 2 is 1.00 bits per heavy atom. The van der Waals surface area contributed by atoms with Gasteiger partial charge >= 0.3 is 37.7 Å². The average Bonchev–Trinajstić information content (AvgIpc) is 1.82. The van der Waals surface area contributed by atoms with E-state index in [2.05, 4.69) is 0 Å². The molecular weight excluding hydrogens is 304 g/mol. The fourth-order valence-corrected chi connectivity index (χ4v) is 0.684. The van der Waals surface area contributed by atoms with Gasteiger partial charge in [0.2, 0.25) is 0 Å².